The van der Waals surface area contributed by atoms with E-state index < -0.39 is 13.1 Å². The summed E-state index contributed by atoms with van der Waals surface area (Å²) < 4.78 is 10.5. The Morgan fingerprint density at radius 2 is 2.19 bits per heavy atom. The van der Waals surface area contributed by atoms with Crippen LogP contribution in [0.4, 0.5) is 0 Å². The Labute approximate surface area is 124 Å². The monoisotopic (exact) mass is 290 g/mol. The third kappa shape index (κ3) is 3.45. The molecule has 0 fully saturated rings. The van der Waals surface area contributed by atoms with E-state index in [0.29, 0.717) is 24.2 Å². The molecule has 1 atom stereocenters. The fraction of sp³-hybridized carbons (Fsp3) is 0.467. The molecule has 1 aromatic carbocycles. The molecule has 0 saturated carbocycles. The lowest BCUT2D eigenvalue weighted by molar-refractivity contribution is -0.118. The first-order valence-corrected chi connectivity index (χ1v) is 7.22. The van der Waals surface area contributed by atoms with E-state index in [1.165, 1.54) is 0 Å². The summed E-state index contributed by atoms with van der Waals surface area (Å²) in [6.07, 6.45) is 1.23. The summed E-state index contributed by atoms with van der Waals surface area (Å²) in [7, 11) is -1.08. The highest BCUT2D eigenvalue weighted by atomic mass is 16.5. The fourth-order valence-corrected chi connectivity index (χ4v) is 2.46. The minimum atomic E-state index is -1.08. The molecular weight excluding hydrogens is 271 g/mol. The molecule has 1 N–H and O–H groups in total. The fourth-order valence-electron chi connectivity index (χ4n) is 2.46. The number of rotatable bonds is 5. The molecule has 21 heavy (non-hydrogen) atoms. The van der Waals surface area contributed by atoms with Crippen LogP contribution in [0.5, 0.6) is 5.75 Å². The van der Waals surface area contributed by atoms with E-state index in [1.807, 2.05) is 6.07 Å². The average molecular weight is 290 g/mol. The molecule has 0 amide bonds. The molecule has 0 unspecified atom stereocenters. The number of Topliss-reactive ketones (excluding diaryl/α,β-unsaturated/α-hetero) is 1. The Morgan fingerprint density at radius 3 is 2.86 bits per heavy atom. The maximum Gasteiger partial charge on any atom is 0.526 e. The summed E-state index contributed by atoms with van der Waals surface area (Å²) in [5.74, 6) is -0.289. The molecule has 1 aromatic rings. The summed E-state index contributed by atoms with van der Waals surface area (Å²) in [5, 5.41) is 10.1. The van der Waals surface area contributed by atoms with E-state index in [2.05, 4.69) is 0 Å². The van der Waals surface area contributed by atoms with Gasteiger partial charge in [-0.15, -0.1) is 0 Å². The van der Waals surface area contributed by atoms with Gasteiger partial charge in [0.25, 0.3) is 0 Å². The number of ether oxygens (including phenoxy) is 1. The number of hydrogen-bond donors (Lipinski definition) is 1. The van der Waals surface area contributed by atoms with E-state index in [9.17, 15) is 14.6 Å². The first-order valence-electron chi connectivity index (χ1n) is 7.22. The van der Waals surface area contributed by atoms with Gasteiger partial charge in [-0.1, -0.05) is 19.1 Å². The van der Waals surface area contributed by atoms with Crippen molar-refractivity contribution in [1.82, 2.24) is 0 Å². The third-order valence-electron chi connectivity index (χ3n) is 3.60. The largest absolute Gasteiger partial charge is 0.535 e. The number of carbonyl (C=O) groups is 2. The Kier molecular flexibility index (Phi) is 5.01. The normalized spacial score (nSPS) is 16.9. The van der Waals surface area contributed by atoms with Gasteiger partial charge >= 0.3 is 13.1 Å². The SMILES string of the molecule is CCOC(=O)c1cccc2c1OB(O)[C@@H](CC(=O)CC)C2. The van der Waals surface area contributed by atoms with E-state index in [0.717, 1.165) is 5.56 Å². The van der Waals surface area contributed by atoms with Crippen molar-refractivity contribution in [2.45, 2.75) is 38.9 Å². The van der Waals surface area contributed by atoms with Gasteiger partial charge in [0.2, 0.25) is 0 Å². The third-order valence-corrected chi connectivity index (χ3v) is 3.60. The maximum atomic E-state index is 11.9. The summed E-state index contributed by atoms with van der Waals surface area (Å²) in [6.45, 7) is 3.80. The molecule has 5 nitrogen and oxygen atoms in total. The van der Waals surface area contributed by atoms with Crippen LogP contribution in [0, 0.1) is 0 Å². The number of ketones is 1. The van der Waals surface area contributed by atoms with Gasteiger partial charge in [-0.25, -0.2) is 4.79 Å². The second-order valence-corrected chi connectivity index (χ2v) is 5.08. The van der Waals surface area contributed by atoms with Crippen molar-refractivity contribution >= 4 is 18.9 Å². The number of benzene rings is 1. The van der Waals surface area contributed by atoms with Crippen molar-refractivity contribution in [2.75, 3.05) is 6.61 Å². The lowest BCUT2D eigenvalue weighted by Crippen LogP contribution is -2.35. The van der Waals surface area contributed by atoms with Gasteiger partial charge in [-0.2, -0.15) is 0 Å². The number of fused-ring (bicyclic) bond motifs is 1. The average Bonchev–Trinajstić information content (AvgIpc) is 2.47. The minimum absolute atomic E-state index is 0.0904. The predicted octanol–water partition coefficient (Wildman–Crippen LogP) is 2.02. The number of esters is 1. The van der Waals surface area contributed by atoms with Crippen molar-refractivity contribution < 1.29 is 24.0 Å². The van der Waals surface area contributed by atoms with Crippen LogP contribution in [0.3, 0.4) is 0 Å². The first-order chi connectivity index (χ1) is 10.1. The lowest BCUT2D eigenvalue weighted by Gasteiger charge is -2.28. The summed E-state index contributed by atoms with van der Waals surface area (Å²) in [6, 6.07) is 5.21. The highest BCUT2D eigenvalue weighted by Crippen LogP contribution is 2.36. The second-order valence-electron chi connectivity index (χ2n) is 5.08. The Balaban J connectivity index is 2.24. The molecule has 6 heteroatoms. The van der Waals surface area contributed by atoms with E-state index in [1.54, 1.807) is 26.0 Å². The standard InChI is InChI=1S/C15H19BO5/c1-3-12(17)9-11-8-10-6-5-7-13(15(18)20-4-2)14(10)21-16(11)19/h5-7,11,19H,3-4,8-9H2,1-2H3/t11-/m1/s1. The van der Waals surface area contributed by atoms with Gasteiger partial charge in [-0.05, 0) is 25.0 Å². The van der Waals surface area contributed by atoms with Crippen LogP contribution in [-0.2, 0) is 16.0 Å². The van der Waals surface area contributed by atoms with Crippen LogP contribution < -0.4 is 4.65 Å². The molecule has 0 aliphatic carbocycles. The zero-order valence-corrected chi connectivity index (χ0v) is 12.3. The van der Waals surface area contributed by atoms with Crippen molar-refractivity contribution in [3.05, 3.63) is 29.3 Å². The molecule has 2 rings (SSSR count). The number of carbonyl (C=O) groups excluding carboxylic acids is 2. The Bertz CT molecular complexity index is 543. The van der Waals surface area contributed by atoms with Crippen LogP contribution in [0.25, 0.3) is 0 Å². The quantitative estimate of drug-likeness (QED) is 0.663. The minimum Gasteiger partial charge on any atom is -0.535 e. The molecule has 1 aliphatic rings. The van der Waals surface area contributed by atoms with Gasteiger partial charge in [-0.3, -0.25) is 4.79 Å². The lowest BCUT2D eigenvalue weighted by atomic mass is 9.64. The van der Waals surface area contributed by atoms with Crippen molar-refractivity contribution in [3.63, 3.8) is 0 Å². The predicted molar refractivity (Wildman–Crippen MR) is 78.4 cm³/mol. The van der Waals surface area contributed by atoms with Gasteiger partial charge in [0.1, 0.15) is 17.1 Å². The zero-order valence-electron chi connectivity index (χ0n) is 12.3. The first kappa shape index (κ1) is 15.6. The second kappa shape index (κ2) is 6.76. The van der Waals surface area contributed by atoms with Gasteiger partial charge < -0.3 is 14.4 Å². The molecule has 0 radical (unpaired) electrons. The van der Waals surface area contributed by atoms with Gasteiger partial charge in [0.05, 0.1) is 6.61 Å². The number of hydrogen-bond acceptors (Lipinski definition) is 5. The van der Waals surface area contributed by atoms with Crippen molar-refractivity contribution in [1.29, 1.82) is 0 Å². The number of para-hydroxylation sites is 1. The highest BCUT2D eigenvalue weighted by Gasteiger charge is 2.37. The molecule has 0 saturated heterocycles. The molecule has 1 aliphatic heterocycles. The van der Waals surface area contributed by atoms with Crippen molar-refractivity contribution in [2.24, 2.45) is 0 Å². The van der Waals surface area contributed by atoms with Crippen LogP contribution >= 0.6 is 0 Å². The molecule has 1 heterocycles. The molecule has 112 valence electrons. The van der Waals surface area contributed by atoms with Crippen LogP contribution in [0.2, 0.25) is 5.82 Å². The molecule has 0 spiro atoms. The Morgan fingerprint density at radius 1 is 1.43 bits per heavy atom. The van der Waals surface area contributed by atoms with Crippen LogP contribution in [0.15, 0.2) is 18.2 Å². The topological polar surface area (TPSA) is 72.8 Å². The summed E-state index contributed by atoms with van der Waals surface area (Å²) >= 11 is 0. The zero-order chi connectivity index (χ0) is 15.4. The summed E-state index contributed by atoms with van der Waals surface area (Å²) in [4.78, 5) is 23.4. The van der Waals surface area contributed by atoms with Crippen LogP contribution in [0.1, 0.15) is 42.6 Å². The van der Waals surface area contributed by atoms with Crippen LogP contribution in [-0.4, -0.2) is 30.5 Å². The van der Waals surface area contributed by atoms with E-state index in [4.69, 9.17) is 9.39 Å². The van der Waals surface area contributed by atoms with Gasteiger partial charge in [0, 0.05) is 18.7 Å². The summed E-state index contributed by atoms with van der Waals surface area (Å²) in [5.41, 5.74) is 1.13. The Hall–Kier alpha value is -1.82. The molecule has 0 bridgehead atoms. The van der Waals surface area contributed by atoms with Gasteiger partial charge in [0.15, 0.2) is 0 Å². The smallest absolute Gasteiger partial charge is 0.526 e. The molecule has 0 aromatic heterocycles. The van der Waals surface area contributed by atoms with Crippen molar-refractivity contribution in [3.8, 4) is 5.75 Å². The van der Waals surface area contributed by atoms with E-state index >= 15 is 0 Å². The van der Waals surface area contributed by atoms with E-state index in [-0.39, 0.29) is 24.6 Å². The maximum absolute atomic E-state index is 11.9. The molecular formula is C15H19BO5. The highest BCUT2D eigenvalue weighted by molar-refractivity contribution is 6.47.